The van der Waals surface area contributed by atoms with E-state index in [-0.39, 0.29) is 12.4 Å². The largest absolute Gasteiger partial charge is 0.466 e. The Kier molecular flexibility index (Phi) is 3.17. The summed E-state index contributed by atoms with van der Waals surface area (Å²) in [6.07, 6.45) is 3.63. The van der Waals surface area contributed by atoms with E-state index in [9.17, 15) is 4.79 Å². The van der Waals surface area contributed by atoms with Gasteiger partial charge >= 0.3 is 5.97 Å². The fourth-order valence-electron chi connectivity index (χ4n) is 1.14. The zero-order valence-corrected chi connectivity index (χ0v) is 7.91. The van der Waals surface area contributed by atoms with Crippen molar-refractivity contribution < 1.29 is 19.0 Å². The molecule has 0 aromatic rings. The summed E-state index contributed by atoms with van der Waals surface area (Å²) in [6, 6.07) is 0. The Hall–Kier alpha value is -1.19. The Morgan fingerprint density at radius 1 is 1.38 bits per heavy atom. The molecule has 1 aliphatic rings. The first-order valence-electron chi connectivity index (χ1n) is 4.38. The summed E-state index contributed by atoms with van der Waals surface area (Å²) in [5, 5.41) is 0. The van der Waals surface area contributed by atoms with Crippen molar-refractivity contribution in [3.63, 3.8) is 0 Å². The van der Waals surface area contributed by atoms with Crippen LogP contribution in [0.5, 0.6) is 0 Å². The summed E-state index contributed by atoms with van der Waals surface area (Å²) >= 11 is 0. The minimum Gasteiger partial charge on any atom is -0.466 e. The number of hydrogen-bond acceptors (Lipinski definition) is 4. The van der Waals surface area contributed by atoms with Crippen molar-refractivity contribution in [3.8, 4) is 0 Å². The highest BCUT2D eigenvalue weighted by Gasteiger charge is 2.36. The molecule has 0 aromatic heterocycles. The molecule has 0 spiro atoms. The highest BCUT2D eigenvalue weighted by molar-refractivity contribution is 5.70. The lowest BCUT2D eigenvalue weighted by Crippen LogP contribution is -2.32. The van der Waals surface area contributed by atoms with Crippen molar-refractivity contribution >= 4 is 5.97 Å². The Labute approximate surface area is 77.5 Å². The van der Waals surface area contributed by atoms with Gasteiger partial charge in [-0.15, -0.1) is 0 Å². The standard InChI is InChI=1S/C9H14O4/c1-3-9(12-5-6-13-9)7-8(10)11-4-2/h5-6H,3-4,7H2,1-2H3. The number of ether oxygens (including phenoxy) is 3. The van der Waals surface area contributed by atoms with Crippen molar-refractivity contribution in [2.75, 3.05) is 6.61 Å². The number of esters is 1. The van der Waals surface area contributed by atoms with Gasteiger partial charge in [0.1, 0.15) is 18.9 Å². The second-order valence-electron chi connectivity index (χ2n) is 2.75. The molecule has 1 rings (SSSR count). The van der Waals surface area contributed by atoms with Crippen molar-refractivity contribution in [2.45, 2.75) is 32.5 Å². The normalized spacial score (nSPS) is 17.7. The van der Waals surface area contributed by atoms with E-state index in [1.807, 2.05) is 6.92 Å². The molecule has 0 atom stereocenters. The summed E-state index contributed by atoms with van der Waals surface area (Å²) in [5.41, 5.74) is 0. The molecule has 0 saturated heterocycles. The first-order chi connectivity index (χ1) is 6.22. The van der Waals surface area contributed by atoms with Crippen LogP contribution in [0.4, 0.5) is 0 Å². The van der Waals surface area contributed by atoms with Crippen LogP contribution in [0.15, 0.2) is 12.5 Å². The van der Waals surface area contributed by atoms with Crippen LogP contribution in [0.25, 0.3) is 0 Å². The molecule has 0 radical (unpaired) electrons. The molecule has 0 amide bonds. The van der Waals surface area contributed by atoms with E-state index in [0.29, 0.717) is 13.0 Å². The molecular weight excluding hydrogens is 172 g/mol. The molecular formula is C9H14O4. The maximum absolute atomic E-state index is 11.2. The molecule has 13 heavy (non-hydrogen) atoms. The van der Waals surface area contributed by atoms with Crippen molar-refractivity contribution in [1.29, 1.82) is 0 Å². The summed E-state index contributed by atoms with van der Waals surface area (Å²) in [4.78, 5) is 11.2. The molecule has 1 aliphatic heterocycles. The molecule has 74 valence electrons. The van der Waals surface area contributed by atoms with Gasteiger partial charge in [-0.05, 0) is 6.92 Å². The Balaban J connectivity index is 2.44. The quantitative estimate of drug-likeness (QED) is 0.625. The highest BCUT2D eigenvalue weighted by Crippen LogP contribution is 2.27. The summed E-state index contributed by atoms with van der Waals surface area (Å²) in [6.45, 7) is 4.05. The van der Waals surface area contributed by atoms with Gasteiger partial charge in [-0.1, -0.05) is 6.92 Å². The number of carbonyl (C=O) groups excluding carboxylic acids is 1. The van der Waals surface area contributed by atoms with Crippen LogP contribution in [-0.2, 0) is 19.0 Å². The van der Waals surface area contributed by atoms with Crippen molar-refractivity contribution in [3.05, 3.63) is 12.5 Å². The van der Waals surface area contributed by atoms with Crippen LogP contribution >= 0.6 is 0 Å². The smallest absolute Gasteiger partial charge is 0.313 e. The minimum atomic E-state index is -0.827. The zero-order chi connectivity index (χ0) is 9.73. The van der Waals surface area contributed by atoms with Gasteiger partial charge in [0.05, 0.1) is 6.61 Å². The molecule has 0 N–H and O–H groups in total. The molecule has 4 nitrogen and oxygen atoms in total. The molecule has 0 fully saturated rings. The van der Waals surface area contributed by atoms with Gasteiger partial charge in [-0.25, -0.2) is 0 Å². The van der Waals surface area contributed by atoms with Gasteiger partial charge in [-0.2, -0.15) is 0 Å². The third kappa shape index (κ3) is 2.37. The van der Waals surface area contributed by atoms with Gasteiger partial charge in [0.25, 0.3) is 5.79 Å². The average molecular weight is 186 g/mol. The van der Waals surface area contributed by atoms with Crippen LogP contribution < -0.4 is 0 Å². The van der Waals surface area contributed by atoms with E-state index >= 15 is 0 Å². The van der Waals surface area contributed by atoms with Gasteiger partial charge in [0, 0.05) is 6.42 Å². The highest BCUT2D eigenvalue weighted by atomic mass is 16.7. The SMILES string of the molecule is CCOC(=O)CC1(CC)OC=CO1. The van der Waals surface area contributed by atoms with Gasteiger partial charge in [0.15, 0.2) is 0 Å². The molecule has 0 saturated carbocycles. The first-order valence-corrected chi connectivity index (χ1v) is 4.38. The monoisotopic (exact) mass is 186 g/mol. The lowest BCUT2D eigenvalue weighted by molar-refractivity contribution is -0.175. The number of carbonyl (C=O) groups is 1. The molecule has 0 bridgehead atoms. The molecule has 0 aliphatic carbocycles. The summed E-state index contributed by atoms with van der Waals surface area (Å²) in [7, 11) is 0. The maximum atomic E-state index is 11.2. The maximum Gasteiger partial charge on any atom is 0.313 e. The average Bonchev–Trinajstić information content (AvgIpc) is 2.54. The minimum absolute atomic E-state index is 0.129. The Morgan fingerprint density at radius 3 is 2.46 bits per heavy atom. The van der Waals surface area contributed by atoms with E-state index in [0.717, 1.165) is 0 Å². The van der Waals surface area contributed by atoms with E-state index in [1.54, 1.807) is 6.92 Å². The number of rotatable bonds is 4. The first kappa shape index (κ1) is 9.89. The summed E-state index contributed by atoms with van der Waals surface area (Å²) in [5.74, 6) is -1.13. The predicted molar refractivity (Wildman–Crippen MR) is 45.6 cm³/mol. The van der Waals surface area contributed by atoms with E-state index < -0.39 is 5.79 Å². The Morgan fingerprint density at radius 2 is 2.00 bits per heavy atom. The van der Waals surface area contributed by atoms with Crippen LogP contribution in [0.1, 0.15) is 26.7 Å². The molecule has 1 heterocycles. The second-order valence-corrected chi connectivity index (χ2v) is 2.75. The van der Waals surface area contributed by atoms with Crippen LogP contribution in [0, 0.1) is 0 Å². The van der Waals surface area contributed by atoms with Crippen molar-refractivity contribution in [1.82, 2.24) is 0 Å². The van der Waals surface area contributed by atoms with Crippen LogP contribution in [0.3, 0.4) is 0 Å². The fourth-order valence-corrected chi connectivity index (χ4v) is 1.14. The zero-order valence-electron chi connectivity index (χ0n) is 7.91. The third-order valence-corrected chi connectivity index (χ3v) is 1.88. The summed E-state index contributed by atoms with van der Waals surface area (Å²) < 4.78 is 15.2. The lowest BCUT2D eigenvalue weighted by atomic mass is 10.1. The number of hydrogen-bond donors (Lipinski definition) is 0. The van der Waals surface area contributed by atoms with E-state index in [2.05, 4.69) is 0 Å². The topological polar surface area (TPSA) is 44.8 Å². The molecule has 0 aromatic carbocycles. The molecule has 0 unspecified atom stereocenters. The van der Waals surface area contributed by atoms with E-state index in [1.165, 1.54) is 12.5 Å². The third-order valence-electron chi connectivity index (χ3n) is 1.88. The Bertz CT molecular complexity index is 202. The van der Waals surface area contributed by atoms with Gasteiger partial charge in [0.2, 0.25) is 0 Å². The second kappa shape index (κ2) is 4.16. The van der Waals surface area contributed by atoms with Crippen LogP contribution in [0.2, 0.25) is 0 Å². The van der Waals surface area contributed by atoms with Crippen molar-refractivity contribution in [2.24, 2.45) is 0 Å². The van der Waals surface area contributed by atoms with Crippen LogP contribution in [-0.4, -0.2) is 18.4 Å². The van der Waals surface area contributed by atoms with E-state index in [4.69, 9.17) is 14.2 Å². The van der Waals surface area contributed by atoms with Gasteiger partial charge < -0.3 is 14.2 Å². The van der Waals surface area contributed by atoms with Gasteiger partial charge in [-0.3, -0.25) is 4.79 Å². The lowest BCUT2D eigenvalue weighted by Gasteiger charge is -2.24. The fraction of sp³-hybridized carbons (Fsp3) is 0.667. The predicted octanol–water partition coefficient (Wildman–Crippen LogP) is 1.56. The molecule has 4 heteroatoms.